The molecule has 2 aromatic rings. The number of Topliss-reactive ketones (excluding diaryl/α,β-unsaturated/α-hetero) is 1. The Labute approximate surface area is 206 Å². The second-order valence-corrected chi connectivity index (χ2v) is 8.99. The number of ketones is 1. The van der Waals surface area contributed by atoms with E-state index in [0.717, 1.165) is 12.0 Å². The quantitative estimate of drug-likeness (QED) is 0.441. The van der Waals surface area contributed by atoms with Crippen LogP contribution in [0.4, 0.5) is 0 Å². The average Bonchev–Trinajstić information content (AvgIpc) is 3.19. The van der Waals surface area contributed by atoms with Crippen molar-refractivity contribution in [1.29, 1.82) is 0 Å². The Morgan fingerprint density at radius 2 is 1.91 bits per heavy atom. The van der Waals surface area contributed by atoms with Crippen molar-refractivity contribution >= 4 is 17.4 Å². The molecular weight excluding hydrogens is 452 g/mol. The summed E-state index contributed by atoms with van der Waals surface area (Å²) in [5.41, 5.74) is -1.80. The van der Waals surface area contributed by atoms with Gasteiger partial charge in [-0.3, -0.25) is 4.79 Å². The first-order chi connectivity index (χ1) is 16.4. The number of fused-ring (bicyclic) bond motifs is 3. The number of hydrogen-bond donors (Lipinski definition) is 1. The number of carbonyl (C=O) groups is 1. The summed E-state index contributed by atoms with van der Waals surface area (Å²) >= 11 is 6.30. The summed E-state index contributed by atoms with van der Waals surface area (Å²) in [7, 11) is 0. The van der Waals surface area contributed by atoms with Gasteiger partial charge in [-0.1, -0.05) is 61.0 Å². The zero-order valence-corrected chi connectivity index (χ0v) is 20.6. The minimum atomic E-state index is -1.87. The van der Waals surface area contributed by atoms with Gasteiger partial charge in [0.15, 0.2) is 17.0 Å². The number of allylic oxidation sites excluding steroid dienone is 3. The van der Waals surface area contributed by atoms with Crippen LogP contribution in [0.15, 0.2) is 65.7 Å². The highest BCUT2D eigenvalue weighted by molar-refractivity contribution is 6.31. The fourth-order valence-electron chi connectivity index (χ4n) is 5.21. The molecule has 2 aliphatic rings. The predicted molar refractivity (Wildman–Crippen MR) is 133 cm³/mol. The van der Waals surface area contributed by atoms with Crippen LogP contribution in [0.2, 0.25) is 0 Å². The lowest BCUT2D eigenvalue weighted by molar-refractivity contribution is -0.149. The highest BCUT2D eigenvalue weighted by atomic mass is 35.5. The molecule has 2 aromatic carbocycles. The lowest BCUT2D eigenvalue weighted by atomic mass is 9.73. The molecule has 2 unspecified atom stereocenters. The minimum absolute atomic E-state index is 0.158. The summed E-state index contributed by atoms with van der Waals surface area (Å²) in [6.45, 7) is 6.61. The molecule has 0 spiro atoms. The topological polar surface area (TPSA) is 65.0 Å². The third-order valence-corrected chi connectivity index (χ3v) is 6.85. The third kappa shape index (κ3) is 3.91. The fourth-order valence-corrected chi connectivity index (χ4v) is 5.46. The molecule has 1 aliphatic heterocycles. The van der Waals surface area contributed by atoms with E-state index in [1.54, 1.807) is 18.2 Å². The maximum atomic E-state index is 13.6. The number of rotatable bonds is 9. The van der Waals surface area contributed by atoms with Gasteiger partial charge in [0.2, 0.25) is 0 Å². The van der Waals surface area contributed by atoms with Gasteiger partial charge in [0.25, 0.3) is 0 Å². The van der Waals surface area contributed by atoms with Crippen molar-refractivity contribution in [2.75, 3.05) is 13.2 Å². The zero-order valence-electron chi connectivity index (χ0n) is 19.8. The summed E-state index contributed by atoms with van der Waals surface area (Å²) in [5, 5.41) is 12.9. The molecule has 4 rings (SSSR count). The lowest BCUT2D eigenvalue weighted by Gasteiger charge is -2.38. The van der Waals surface area contributed by atoms with Crippen molar-refractivity contribution in [2.24, 2.45) is 0 Å². The van der Waals surface area contributed by atoms with Crippen LogP contribution < -0.4 is 14.2 Å². The summed E-state index contributed by atoms with van der Waals surface area (Å²) in [5.74, 6) is 0.741. The molecule has 0 bridgehead atoms. The van der Waals surface area contributed by atoms with Crippen LogP contribution in [0.25, 0.3) is 0 Å². The molecule has 6 heteroatoms. The molecule has 34 heavy (non-hydrogen) atoms. The van der Waals surface area contributed by atoms with E-state index in [2.05, 4.69) is 0 Å². The van der Waals surface area contributed by atoms with Gasteiger partial charge in [0.1, 0.15) is 17.2 Å². The monoisotopic (exact) mass is 482 g/mol. The van der Waals surface area contributed by atoms with Crippen molar-refractivity contribution in [1.82, 2.24) is 0 Å². The first-order valence-electron chi connectivity index (χ1n) is 11.9. The van der Waals surface area contributed by atoms with Gasteiger partial charge >= 0.3 is 0 Å². The Hall–Kier alpha value is -2.76. The number of ether oxygens (including phenoxy) is 3. The molecule has 0 radical (unpaired) electrons. The average molecular weight is 483 g/mol. The number of aliphatic hydroxyl groups is 1. The Morgan fingerprint density at radius 1 is 1.18 bits per heavy atom. The maximum Gasteiger partial charge on any atom is 0.196 e. The molecule has 0 amide bonds. The van der Waals surface area contributed by atoms with Crippen molar-refractivity contribution < 1.29 is 24.1 Å². The highest BCUT2D eigenvalue weighted by Crippen LogP contribution is 2.64. The van der Waals surface area contributed by atoms with Crippen molar-refractivity contribution in [3.63, 3.8) is 0 Å². The van der Waals surface area contributed by atoms with E-state index >= 15 is 0 Å². The first-order valence-corrected chi connectivity index (χ1v) is 12.2. The Bertz CT molecular complexity index is 1110. The van der Waals surface area contributed by atoms with Crippen LogP contribution in [-0.4, -0.2) is 29.7 Å². The molecule has 1 aliphatic carbocycles. The second-order valence-electron chi connectivity index (χ2n) is 8.56. The van der Waals surface area contributed by atoms with E-state index in [-0.39, 0.29) is 24.5 Å². The molecule has 1 saturated carbocycles. The van der Waals surface area contributed by atoms with E-state index in [1.165, 1.54) is 0 Å². The number of carbonyl (C=O) groups excluding carboxylic acids is 1. The smallest absolute Gasteiger partial charge is 0.196 e. The van der Waals surface area contributed by atoms with Crippen LogP contribution in [0.3, 0.4) is 0 Å². The molecule has 1 heterocycles. The molecule has 180 valence electrons. The molecule has 1 N–H and O–H groups in total. The van der Waals surface area contributed by atoms with Gasteiger partial charge in [0, 0.05) is 35.9 Å². The first kappa shape index (κ1) is 24.4. The van der Waals surface area contributed by atoms with Gasteiger partial charge in [-0.15, -0.1) is 0 Å². The molecular formula is C28H31ClO5. The number of halogens is 1. The van der Waals surface area contributed by atoms with Gasteiger partial charge < -0.3 is 19.3 Å². The van der Waals surface area contributed by atoms with Crippen LogP contribution in [-0.2, 0) is 10.4 Å². The van der Waals surface area contributed by atoms with Crippen molar-refractivity contribution in [2.45, 2.75) is 57.2 Å². The predicted octanol–water partition coefficient (Wildman–Crippen LogP) is 6.04. The van der Waals surface area contributed by atoms with Crippen LogP contribution in [0, 0.1) is 0 Å². The number of hydrogen-bond acceptors (Lipinski definition) is 5. The van der Waals surface area contributed by atoms with Crippen molar-refractivity contribution in [3.8, 4) is 17.2 Å². The fraction of sp³-hybridized carbons (Fsp3) is 0.393. The molecule has 0 saturated heterocycles. The van der Waals surface area contributed by atoms with E-state index in [1.807, 2.05) is 63.3 Å². The largest absolute Gasteiger partial charge is 0.494 e. The number of benzene rings is 2. The minimum Gasteiger partial charge on any atom is -0.494 e. The third-order valence-electron chi connectivity index (χ3n) is 6.57. The second kappa shape index (κ2) is 9.85. The Balaban J connectivity index is 1.89. The Morgan fingerprint density at radius 3 is 2.59 bits per heavy atom. The van der Waals surface area contributed by atoms with Crippen LogP contribution in [0.1, 0.15) is 57.1 Å². The van der Waals surface area contributed by atoms with Gasteiger partial charge in [-0.25, -0.2) is 0 Å². The molecule has 1 fully saturated rings. The lowest BCUT2D eigenvalue weighted by Crippen LogP contribution is -2.53. The van der Waals surface area contributed by atoms with E-state index in [4.69, 9.17) is 25.8 Å². The summed E-state index contributed by atoms with van der Waals surface area (Å²) in [6, 6.07) is 13.2. The maximum absolute atomic E-state index is 13.6. The molecule has 5 nitrogen and oxygen atoms in total. The van der Waals surface area contributed by atoms with Crippen LogP contribution >= 0.6 is 11.6 Å². The van der Waals surface area contributed by atoms with Gasteiger partial charge in [-0.05, 0) is 31.9 Å². The summed E-state index contributed by atoms with van der Waals surface area (Å²) in [6.07, 6.45) is 6.83. The van der Waals surface area contributed by atoms with E-state index in [9.17, 15) is 9.90 Å². The van der Waals surface area contributed by atoms with Gasteiger partial charge in [-0.2, -0.15) is 0 Å². The normalized spacial score (nSPS) is 25.9. The van der Waals surface area contributed by atoms with E-state index in [0.29, 0.717) is 41.1 Å². The summed E-state index contributed by atoms with van der Waals surface area (Å²) < 4.78 is 18.2. The molecule has 0 aromatic heterocycles. The highest BCUT2D eigenvalue weighted by Gasteiger charge is 2.72. The van der Waals surface area contributed by atoms with Crippen molar-refractivity contribution in [3.05, 3.63) is 76.9 Å². The zero-order chi connectivity index (χ0) is 24.3. The Kier molecular flexibility index (Phi) is 7.06. The van der Waals surface area contributed by atoms with Crippen LogP contribution in [0.5, 0.6) is 17.2 Å². The SMILES string of the molecule is CC/C=C(Cl)\C=C/CC12Oc3cc(OCC)cc(OCC)c3C1(O)C(=O)C[C@H]2c1ccccc1. The van der Waals surface area contributed by atoms with E-state index < -0.39 is 11.2 Å². The molecule has 3 atom stereocenters. The standard InChI is InChI=1S/C28H31ClO5/c1-4-11-20(29)14-10-15-27-22(19-12-8-7-9-13-19)18-25(30)28(27,31)26-23(33-6-3)16-21(32-5-2)17-24(26)34-27/h7-14,16-17,22,31H,4-6,15,18H2,1-3H3/b14-10-,20-11+/t22-,27?,28?/m0/s1. The van der Waals surface area contributed by atoms with Gasteiger partial charge in [0.05, 0.1) is 18.8 Å². The summed E-state index contributed by atoms with van der Waals surface area (Å²) in [4.78, 5) is 13.6.